The molecule has 1 aromatic rings. The van der Waals surface area contributed by atoms with Crippen LogP contribution in [0.1, 0.15) is 19.4 Å². The summed E-state index contributed by atoms with van der Waals surface area (Å²) in [5, 5.41) is 0.580. The summed E-state index contributed by atoms with van der Waals surface area (Å²) in [6.45, 7) is 6.30. The summed E-state index contributed by atoms with van der Waals surface area (Å²) in [6, 6.07) is 2.40. The Kier molecular flexibility index (Phi) is 3.15. The van der Waals surface area contributed by atoms with Gasteiger partial charge < -0.3 is 4.90 Å². The van der Waals surface area contributed by atoms with Crippen LogP contribution in [0.25, 0.3) is 0 Å². The molecule has 0 saturated carbocycles. The summed E-state index contributed by atoms with van der Waals surface area (Å²) in [5.41, 5.74) is 2.19. The molecule has 0 aliphatic heterocycles. The Hall–Kier alpha value is -0.760. The van der Waals surface area contributed by atoms with Gasteiger partial charge in [-0.25, -0.2) is 4.98 Å². The molecule has 0 aliphatic carbocycles. The number of pyridine rings is 1. The maximum Gasteiger partial charge on any atom is 0.152 e. The standard InChI is InChI=1S/C10H15ClN2/c1-7(2)13(4)9-8(3)5-6-12-10(9)11/h5-7H,1-4H3. The van der Waals surface area contributed by atoms with Crippen molar-refractivity contribution in [3.05, 3.63) is 23.0 Å². The van der Waals surface area contributed by atoms with Gasteiger partial charge in [0.05, 0.1) is 5.69 Å². The summed E-state index contributed by atoms with van der Waals surface area (Å²) < 4.78 is 0. The minimum absolute atomic E-state index is 0.431. The topological polar surface area (TPSA) is 16.1 Å². The average molecular weight is 199 g/mol. The average Bonchev–Trinajstić information content (AvgIpc) is 2.03. The molecule has 0 amide bonds. The van der Waals surface area contributed by atoms with Crippen molar-refractivity contribution in [3.8, 4) is 0 Å². The lowest BCUT2D eigenvalue weighted by Gasteiger charge is -2.25. The smallest absolute Gasteiger partial charge is 0.152 e. The maximum absolute atomic E-state index is 6.02. The molecule has 1 rings (SSSR count). The maximum atomic E-state index is 6.02. The number of aryl methyl sites for hydroxylation is 1. The largest absolute Gasteiger partial charge is 0.369 e. The molecular formula is C10H15ClN2. The number of anilines is 1. The molecule has 0 bridgehead atoms. The number of nitrogens with zero attached hydrogens (tertiary/aromatic N) is 2. The van der Waals surface area contributed by atoms with E-state index in [0.717, 1.165) is 11.3 Å². The van der Waals surface area contributed by atoms with E-state index in [1.807, 2.05) is 20.0 Å². The third kappa shape index (κ3) is 2.13. The van der Waals surface area contributed by atoms with Crippen LogP contribution < -0.4 is 4.90 Å². The first-order valence-corrected chi connectivity index (χ1v) is 4.75. The Bertz CT molecular complexity index is 277. The van der Waals surface area contributed by atoms with Crippen LogP contribution in [-0.2, 0) is 0 Å². The fourth-order valence-corrected chi connectivity index (χ4v) is 1.54. The van der Waals surface area contributed by atoms with Gasteiger partial charge in [0.2, 0.25) is 0 Å². The normalized spacial score (nSPS) is 10.6. The van der Waals surface area contributed by atoms with Crippen LogP contribution in [-0.4, -0.2) is 18.1 Å². The number of halogens is 1. The molecule has 1 heterocycles. The van der Waals surface area contributed by atoms with E-state index < -0.39 is 0 Å². The van der Waals surface area contributed by atoms with E-state index in [0.29, 0.717) is 11.2 Å². The van der Waals surface area contributed by atoms with Gasteiger partial charge in [-0.05, 0) is 32.4 Å². The highest BCUT2D eigenvalue weighted by molar-refractivity contribution is 6.32. The van der Waals surface area contributed by atoms with Crippen molar-refractivity contribution < 1.29 is 0 Å². The summed E-state index contributed by atoms with van der Waals surface area (Å²) in [4.78, 5) is 6.20. The van der Waals surface area contributed by atoms with E-state index in [4.69, 9.17) is 11.6 Å². The zero-order valence-corrected chi connectivity index (χ0v) is 9.26. The fraction of sp³-hybridized carbons (Fsp3) is 0.500. The van der Waals surface area contributed by atoms with E-state index in [2.05, 4.69) is 23.7 Å². The first-order chi connectivity index (χ1) is 6.04. The second-order valence-electron chi connectivity index (χ2n) is 3.47. The molecule has 0 spiro atoms. The van der Waals surface area contributed by atoms with Crippen molar-refractivity contribution in [2.75, 3.05) is 11.9 Å². The predicted octanol–water partition coefficient (Wildman–Crippen LogP) is 2.89. The minimum Gasteiger partial charge on any atom is -0.369 e. The quantitative estimate of drug-likeness (QED) is 0.680. The van der Waals surface area contributed by atoms with Gasteiger partial charge in [-0.2, -0.15) is 0 Å². The van der Waals surface area contributed by atoms with E-state index >= 15 is 0 Å². The second-order valence-corrected chi connectivity index (χ2v) is 3.83. The van der Waals surface area contributed by atoms with Gasteiger partial charge >= 0.3 is 0 Å². The second kappa shape index (κ2) is 3.97. The van der Waals surface area contributed by atoms with E-state index in [9.17, 15) is 0 Å². The van der Waals surface area contributed by atoms with Crippen molar-refractivity contribution in [2.24, 2.45) is 0 Å². The molecule has 2 nitrogen and oxygen atoms in total. The van der Waals surface area contributed by atoms with Crippen LogP contribution in [0.3, 0.4) is 0 Å². The molecular weight excluding hydrogens is 184 g/mol. The zero-order valence-electron chi connectivity index (χ0n) is 8.50. The molecule has 0 saturated heterocycles. The predicted molar refractivity (Wildman–Crippen MR) is 57.5 cm³/mol. The Morgan fingerprint density at radius 2 is 2.08 bits per heavy atom. The van der Waals surface area contributed by atoms with Gasteiger partial charge in [-0.1, -0.05) is 11.6 Å². The number of rotatable bonds is 2. The SMILES string of the molecule is Cc1ccnc(Cl)c1N(C)C(C)C. The van der Waals surface area contributed by atoms with Crippen LogP contribution in [0.15, 0.2) is 12.3 Å². The van der Waals surface area contributed by atoms with E-state index in [1.54, 1.807) is 6.20 Å². The third-order valence-electron chi connectivity index (χ3n) is 2.21. The van der Waals surface area contributed by atoms with Crippen molar-refractivity contribution in [1.29, 1.82) is 0 Å². The highest BCUT2D eigenvalue weighted by Crippen LogP contribution is 2.27. The van der Waals surface area contributed by atoms with Crippen LogP contribution in [0.2, 0.25) is 5.15 Å². The number of hydrogen-bond donors (Lipinski definition) is 0. The fourth-order valence-electron chi connectivity index (χ4n) is 1.20. The molecule has 72 valence electrons. The Morgan fingerprint density at radius 3 is 2.54 bits per heavy atom. The molecule has 0 atom stereocenters. The Balaban J connectivity index is 3.12. The molecule has 0 N–H and O–H groups in total. The van der Waals surface area contributed by atoms with Crippen LogP contribution >= 0.6 is 11.6 Å². The summed E-state index contributed by atoms with van der Waals surface area (Å²) in [5.74, 6) is 0. The number of aromatic nitrogens is 1. The third-order valence-corrected chi connectivity index (χ3v) is 2.49. The molecule has 13 heavy (non-hydrogen) atoms. The lowest BCUT2D eigenvalue weighted by Crippen LogP contribution is -2.26. The van der Waals surface area contributed by atoms with E-state index in [-0.39, 0.29) is 0 Å². The van der Waals surface area contributed by atoms with Crippen molar-refractivity contribution >= 4 is 17.3 Å². The van der Waals surface area contributed by atoms with Crippen LogP contribution in [0.5, 0.6) is 0 Å². The molecule has 0 aromatic carbocycles. The van der Waals surface area contributed by atoms with Crippen LogP contribution in [0, 0.1) is 6.92 Å². The lowest BCUT2D eigenvalue weighted by molar-refractivity contribution is 0.750. The lowest BCUT2D eigenvalue weighted by atomic mass is 10.2. The highest BCUT2D eigenvalue weighted by atomic mass is 35.5. The van der Waals surface area contributed by atoms with Gasteiger partial charge in [0.1, 0.15) is 0 Å². The highest BCUT2D eigenvalue weighted by Gasteiger charge is 2.12. The van der Waals surface area contributed by atoms with Crippen LogP contribution in [0.4, 0.5) is 5.69 Å². The summed E-state index contributed by atoms with van der Waals surface area (Å²) in [6.07, 6.45) is 1.73. The Labute approximate surface area is 84.5 Å². The molecule has 0 fully saturated rings. The summed E-state index contributed by atoms with van der Waals surface area (Å²) >= 11 is 6.02. The monoisotopic (exact) mass is 198 g/mol. The molecule has 0 radical (unpaired) electrons. The number of hydrogen-bond acceptors (Lipinski definition) is 2. The minimum atomic E-state index is 0.431. The van der Waals surface area contributed by atoms with Gasteiger partial charge in [0, 0.05) is 19.3 Å². The molecule has 0 aliphatic rings. The van der Waals surface area contributed by atoms with Crippen molar-refractivity contribution in [2.45, 2.75) is 26.8 Å². The zero-order chi connectivity index (χ0) is 10.0. The summed E-state index contributed by atoms with van der Waals surface area (Å²) in [7, 11) is 2.03. The molecule has 3 heteroatoms. The first kappa shape index (κ1) is 10.3. The van der Waals surface area contributed by atoms with Gasteiger partial charge in [0.25, 0.3) is 0 Å². The van der Waals surface area contributed by atoms with Crippen molar-refractivity contribution in [3.63, 3.8) is 0 Å². The van der Waals surface area contributed by atoms with E-state index in [1.165, 1.54) is 0 Å². The van der Waals surface area contributed by atoms with Gasteiger partial charge in [-0.15, -0.1) is 0 Å². The first-order valence-electron chi connectivity index (χ1n) is 4.38. The van der Waals surface area contributed by atoms with Gasteiger partial charge in [-0.3, -0.25) is 0 Å². The van der Waals surface area contributed by atoms with Gasteiger partial charge in [0.15, 0.2) is 5.15 Å². The van der Waals surface area contributed by atoms with Crippen molar-refractivity contribution in [1.82, 2.24) is 4.98 Å². The molecule has 0 unspecified atom stereocenters. The molecule has 1 aromatic heterocycles. The Morgan fingerprint density at radius 1 is 1.46 bits per heavy atom.